The van der Waals surface area contributed by atoms with Crippen molar-refractivity contribution >= 4 is 50.7 Å². The molecule has 1 aliphatic heterocycles. The van der Waals surface area contributed by atoms with Gasteiger partial charge in [-0.25, -0.2) is 4.39 Å². The Morgan fingerprint density at radius 2 is 1.85 bits per heavy atom. The van der Waals surface area contributed by atoms with Crippen LogP contribution in [0.25, 0.3) is 6.08 Å². The number of rotatable bonds is 6. The zero-order valence-corrected chi connectivity index (χ0v) is 20.3. The summed E-state index contributed by atoms with van der Waals surface area (Å²) in [6.07, 6.45) is 1.67. The average Bonchev–Trinajstić information content (AvgIpc) is 3.18. The highest BCUT2D eigenvalue weighted by molar-refractivity contribution is 9.10. The molecule has 6 nitrogen and oxygen atoms in total. The summed E-state index contributed by atoms with van der Waals surface area (Å²) in [5, 5.41) is 2.83. The first-order valence-corrected chi connectivity index (χ1v) is 11.7. The number of carbonyl (C=O) groups is 2. The van der Waals surface area contributed by atoms with E-state index in [-0.39, 0.29) is 23.5 Å². The fourth-order valence-corrected chi connectivity index (χ4v) is 4.28. The number of thioether (sulfide) groups is 1. The lowest BCUT2D eigenvalue weighted by atomic mass is 10.1. The van der Waals surface area contributed by atoms with Crippen LogP contribution in [-0.4, -0.2) is 24.1 Å². The third-order valence-corrected chi connectivity index (χ3v) is 6.35. The molecule has 0 aromatic heterocycles. The Bertz CT molecular complexity index is 1290. The molecule has 0 saturated carbocycles. The molecule has 1 saturated heterocycles. The Hall–Kier alpha value is -3.43. The predicted molar refractivity (Wildman–Crippen MR) is 133 cm³/mol. The molecule has 1 fully saturated rings. The van der Waals surface area contributed by atoms with Crippen LogP contribution in [0.5, 0.6) is 11.5 Å². The number of amides is 2. The van der Waals surface area contributed by atoms with E-state index >= 15 is 0 Å². The minimum Gasteiger partial charge on any atom is -0.493 e. The summed E-state index contributed by atoms with van der Waals surface area (Å²) in [5.41, 5.74) is 1.92. The number of halogens is 2. The number of nitrogens with one attached hydrogen (secondary N) is 1. The van der Waals surface area contributed by atoms with Crippen LogP contribution in [0.15, 0.2) is 81.1 Å². The largest absolute Gasteiger partial charge is 0.493 e. The van der Waals surface area contributed by atoms with Crippen LogP contribution in [-0.2, 0) is 11.4 Å². The van der Waals surface area contributed by atoms with E-state index in [9.17, 15) is 14.0 Å². The summed E-state index contributed by atoms with van der Waals surface area (Å²) >= 11 is 4.58. The summed E-state index contributed by atoms with van der Waals surface area (Å²) in [5.74, 6) is -0.149. The molecule has 0 atom stereocenters. The number of hydrogen-bond donors (Lipinski definition) is 1. The van der Waals surface area contributed by atoms with E-state index in [1.165, 1.54) is 19.2 Å². The lowest BCUT2D eigenvalue weighted by Crippen LogP contribution is -2.20. The van der Waals surface area contributed by atoms with Crippen LogP contribution in [0, 0.1) is 5.82 Å². The van der Waals surface area contributed by atoms with Gasteiger partial charge >= 0.3 is 0 Å². The first kappa shape index (κ1) is 23.7. The first-order chi connectivity index (χ1) is 16.4. The molecular weight excluding hydrogens is 523 g/mol. The van der Waals surface area contributed by atoms with Crippen molar-refractivity contribution in [2.45, 2.75) is 6.61 Å². The quantitative estimate of drug-likeness (QED) is 0.413. The molecular formula is C25H18BrFN2O4S. The fraction of sp³-hybridized carbons (Fsp3) is 0.0800. The number of nitrogens with zero attached hydrogens (tertiary/aromatic N) is 1. The molecule has 0 spiro atoms. The maximum absolute atomic E-state index is 13.1. The second-order valence-electron chi connectivity index (χ2n) is 7.09. The topological polar surface area (TPSA) is 77.0 Å². The number of benzene rings is 3. The predicted octanol–water partition coefficient (Wildman–Crippen LogP) is 5.58. The molecule has 1 N–H and O–H groups in total. The van der Waals surface area contributed by atoms with Gasteiger partial charge in [0.25, 0.3) is 11.8 Å². The van der Waals surface area contributed by atoms with Crippen molar-refractivity contribution in [1.29, 1.82) is 0 Å². The SMILES string of the molecule is COc1cc(/C=C2\SC(=NC(=O)c3ccccc3)NC2=O)c(Br)cc1OCc1ccc(F)cc1. The summed E-state index contributed by atoms with van der Waals surface area (Å²) in [6, 6.07) is 18.1. The summed E-state index contributed by atoms with van der Waals surface area (Å²) in [4.78, 5) is 29.1. The first-order valence-electron chi connectivity index (χ1n) is 10.1. The maximum atomic E-state index is 13.1. The zero-order chi connectivity index (χ0) is 24.1. The molecule has 9 heteroatoms. The smallest absolute Gasteiger partial charge is 0.279 e. The number of ether oxygens (including phenoxy) is 2. The van der Waals surface area contributed by atoms with Crippen molar-refractivity contribution in [2.75, 3.05) is 7.11 Å². The van der Waals surface area contributed by atoms with E-state index in [1.54, 1.807) is 54.6 Å². The molecule has 1 aliphatic rings. The molecule has 172 valence electrons. The van der Waals surface area contributed by atoms with Crippen LogP contribution < -0.4 is 14.8 Å². The van der Waals surface area contributed by atoms with Crippen molar-refractivity contribution in [3.05, 3.63) is 98.6 Å². The van der Waals surface area contributed by atoms with Gasteiger partial charge in [-0.3, -0.25) is 9.59 Å². The van der Waals surface area contributed by atoms with Gasteiger partial charge in [0.15, 0.2) is 16.7 Å². The number of methoxy groups -OCH3 is 1. The zero-order valence-electron chi connectivity index (χ0n) is 17.9. The van der Waals surface area contributed by atoms with Gasteiger partial charge in [0.2, 0.25) is 0 Å². The lowest BCUT2D eigenvalue weighted by molar-refractivity contribution is -0.115. The van der Waals surface area contributed by atoms with Crippen LogP contribution >= 0.6 is 27.7 Å². The molecule has 3 aromatic rings. The highest BCUT2D eigenvalue weighted by atomic mass is 79.9. The Labute approximate surface area is 208 Å². The maximum Gasteiger partial charge on any atom is 0.279 e. The van der Waals surface area contributed by atoms with E-state index in [0.29, 0.717) is 32.0 Å². The number of carbonyl (C=O) groups excluding carboxylic acids is 2. The van der Waals surface area contributed by atoms with Crippen molar-refractivity contribution in [2.24, 2.45) is 4.99 Å². The molecule has 0 bridgehead atoms. The third kappa shape index (κ3) is 5.73. The molecule has 0 radical (unpaired) electrons. The van der Waals surface area contributed by atoms with Crippen molar-refractivity contribution in [3.8, 4) is 11.5 Å². The molecule has 34 heavy (non-hydrogen) atoms. The second kappa shape index (κ2) is 10.7. The summed E-state index contributed by atoms with van der Waals surface area (Å²) in [6.45, 7) is 0.233. The van der Waals surface area contributed by atoms with Crippen molar-refractivity contribution in [3.63, 3.8) is 0 Å². The third-order valence-electron chi connectivity index (χ3n) is 4.75. The highest BCUT2D eigenvalue weighted by Gasteiger charge is 2.25. The van der Waals surface area contributed by atoms with Crippen LogP contribution in [0.2, 0.25) is 0 Å². The molecule has 0 aliphatic carbocycles. The van der Waals surface area contributed by atoms with E-state index in [2.05, 4.69) is 26.2 Å². The minimum absolute atomic E-state index is 0.215. The summed E-state index contributed by atoms with van der Waals surface area (Å²) in [7, 11) is 1.52. The van der Waals surface area contributed by atoms with Gasteiger partial charge in [0.1, 0.15) is 12.4 Å². The van der Waals surface area contributed by atoms with Gasteiger partial charge in [0, 0.05) is 10.0 Å². The Morgan fingerprint density at radius 1 is 1.12 bits per heavy atom. The number of amidine groups is 1. The van der Waals surface area contributed by atoms with Gasteiger partial charge in [0.05, 0.1) is 12.0 Å². The molecule has 2 amide bonds. The minimum atomic E-state index is -0.435. The van der Waals surface area contributed by atoms with Crippen LogP contribution in [0.1, 0.15) is 21.5 Å². The van der Waals surface area contributed by atoms with E-state index in [0.717, 1.165) is 17.3 Å². The number of aliphatic imine (C=N–C) groups is 1. The van der Waals surface area contributed by atoms with Crippen LogP contribution in [0.3, 0.4) is 0 Å². The van der Waals surface area contributed by atoms with Crippen molar-refractivity contribution in [1.82, 2.24) is 5.32 Å². The van der Waals surface area contributed by atoms with Crippen molar-refractivity contribution < 1.29 is 23.5 Å². The van der Waals surface area contributed by atoms with Gasteiger partial charge in [-0.1, -0.05) is 46.3 Å². The average molecular weight is 541 g/mol. The Balaban J connectivity index is 1.51. The van der Waals surface area contributed by atoms with E-state index in [4.69, 9.17) is 9.47 Å². The second-order valence-corrected chi connectivity index (χ2v) is 8.98. The monoisotopic (exact) mass is 540 g/mol. The Kier molecular flexibility index (Phi) is 7.44. The lowest BCUT2D eigenvalue weighted by Gasteiger charge is -2.13. The van der Waals surface area contributed by atoms with Gasteiger partial charge in [-0.2, -0.15) is 4.99 Å². The molecule has 1 heterocycles. The highest BCUT2D eigenvalue weighted by Crippen LogP contribution is 2.37. The standard InChI is InChI=1S/C25H18BrFN2O4S/c1-32-20-11-17(19(26)13-21(20)33-14-15-7-9-18(27)10-8-15)12-22-24(31)29-25(34-22)28-23(30)16-5-3-2-4-6-16/h2-13H,14H2,1H3,(H,28,29,30,31)/b22-12-. The van der Waals surface area contributed by atoms with Crippen LogP contribution in [0.4, 0.5) is 4.39 Å². The molecule has 4 rings (SSSR count). The van der Waals surface area contributed by atoms with E-state index in [1.807, 2.05) is 6.07 Å². The van der Waals surface area contributed by atoms with Gasteiger partial charge in [-0.15, -0.1) is 0 Å². The molecule has 0 unspecified atom stereocenters. The fourth-order valence-electron chi connectivity index (χ4n) is 3.03. The number of hydrogen-bond acceptors (Lipinski definition) is 5. The van der Waals surface area contributed by atoms with Gasteiger partial charge < -0.3 is 14.8 Å². The Morgan fingerprint density at radius 3 is 2.56 bits per heavy atom. The normalized spacial score (nSPS) is 15.4. The van der Waals surface area contributed by atoms with Gasteiger partial charge in [-0.05, 0) is 65.4 Å². The molecule has 3 aromatic carbocycles. The van der Waals surface area contributed by atoms with E-state index < -0.39 is 5.91 Å². The summed E-state index contributed by atoms with van der Waals surface area (Å²) < 4.78 is 25.1.